The van der Waals surface area contributed by atoms with Gasteiger partial charge < -0.3 is 9.30 Å². The summed E-state index contributed by atoms with van der Waals surface area (Å²) in [5, 5.41) is 0. The highest BCUT2D eigenvalue weighted by molar-refractivity contribution is 7.13. The Morgan fingerprint density at radius 3 is 2.90 bits per heavy atom. The molecule has 0 fully saturated rings. The Balaban J connectivity index is 2.14. The monoisotopic (exact) mass is 301 g/mol. The first-order valence-corrected chi connectivity index (χ1v) is 7.60. The fourth-order valence-corrected chi connectivity index (χ4v) is 3.06. The van der Waals surface area contributed by atoms with E-state index < -0.39 is 0 Å². The molecule has 0 saturated heterocycles. The van der Waals surface area contributed by atoms with Crippen LogP contribution in [0.15, 0.2) is 29.8 Å². The van der Waals surface area contributed by atoms with Crippen molar-refractivity contribution in [3.05, 3.63) is 35.5 Å². The third kappa shape index (κ3) is 2.54. The molecule has 3 rings (SSSR count). The van der Waals surface area contributed by atoms with Crippen LogP contribution in [0.4, 0.5) is 0 Å². The maximum Gasteiger partial charge on any atom is 0.326 e. The Morgan fingerprint density at radius 1 is 1.38 bits per heavy atom. The van der Waals surface area contributed by atoms with Gasteiger partial charge in [0.2, 0.25) is 0 Å². The highest BCUT2D eigenvalue weighted by atomic mass is 32.1. The van der Waals surface area contributed by atoms with E-state index in [0.717, 1.165) is 27.4 Å². The van der Waals surface area contributed by atoms with Crippen LogP contribution in [0.3, 0.4) is 0 Å². The van der Waals surface area contributed by atoms with Crippen molar-refractivity contribution < 1.29 is 9.53 Å². The van der Waals surface area contributed by atoms with E-state index in [0.29, 0.717) is 6.61 Å². The number of imidazole rings is 1. The number of fused-ring (bicyclic) bond motifs is 1. The minimum atomic E-state index is -0.260. The molecule has 3 aromatic rings. The van der Waals surface area contributed by atoms with Gasteiger partial charge in [-0.2, -0.15) is 0 Å². The number of esters is 1. The largest absolute Gasteiger partial charge is 0.465 e. The molecule has 0 aliphatic heterocycles. The number of carbonyl (C=O) groups is 1. The maximum atomic E-state index is 11.9. The molecule has 0 N–H and O–H groups in total. The van der Waals surface area contributed by atoms with Gasteiger partial charge in [0.1, 0.15) is 6.54 Å². The second-order valence-corrected chi connectivity index (χ2v) is 5.44. The summed E-state index contributed by atoms with van der Waals surface area (Å²) in [4.78, 5) is 21.8. The van der Waals surface area contributed by atoms with Gasteiger partial charge in [-0.25, -0.2) is 9.97 Å². The lowest BCUT2D eigenvalue weighted by atomic mass is 10.3. The van der Waals surface area contributed by atoms with E-state index in [9.17, 15) is 4.79 Å². The number of benzene rings is 1. The number of ether oxygens (including phenoxy) is 1. The summed E-state index contributed by atoms with van der Waals surface area (Å²) in [6.07, 6.45) is 0. The standard InChI is InChI=1S/C15H15N3O2S/c1-3-20-13(19)8-18-12-7-5-4-6-11(12)17-15(18)14-10(2)16-9-21-14/h4-7,9H,3,8H2,1-2H3. The maximum absolute atomic E-state index is 11.9. The van der Waals surface area contributed by atoms with Crippen LogP contribution in [0, 0.1) is 6.92 Å². The molecule has 5 nitrogen and oxygen atoms in total. The van der Waals surface area contributed by atoms with Crippen LogP contribution in [0.5, 0.6) is 0 Å². The predicted octanol–water partition coefficient (Wildman–Crippen LogP) is 3.03. The number of hydrogen-bond donors (Lipinski definition) is 0. The number of aryl methyl sites for hydroxylation is 1. The summed E-state index contributed by atoms with van der Waals surface area (Å²) in [5.74, 6) is 0.508. The lowest BCUT2D eigenvalue weighted by molar-refractivity contribution is -0.143. The number of thiazole rings is 1. The zero-order valence-electron chi connectivity index (χ0n) is 11.9. The number of aromatic nitrogens is 3. The molecule has 0 atom stereocenters. The van der Waals surface area contributed by atoms with Gasteiger partial charge in [0.15, 0.2) is 5.82 Å². The minimum absolute atomic E-state index is 0.154. The van der Waals surface area contributed by atoms with Crippen LogP contribution in [0.2, 0.25) is 0 Å². The number of hydrogen-bond acceptors (Lipinski definition) is 5. The summed E-state index contributed by atoms with van der Waals surface area (Å²) in [6, 6.07) is 7.78. The molecule has 0 spiro atoms. The summed E-state index contributed by atoms with van der Waals surface area (Å²) in [5.41, 5.74) is 4.50. The number of rotatable bonds is 4. The number of nitrogens with zero attached hydrogens (tertiary/aromatic N) is 3. The molecule has 0 aliphatic rings. The molecular weight excluding hydrogens is 286 g/mol. The van der Waals surface area contributed by atoms with Crippen molar-refractivity contribution in [3.63, 3.8) is 0 Å². The van der Waals surface area contributed by atoms with Crippen LogP contribution in [-0.4, -0.2) is 27.1 Å². The van der Waals surface area contributed by atoms with E-state index in [2.05, 4.69) is 9.97 Å². The summed E-state index contributed by atoms with van der Waals surface area (Å²) in [6.45, 7) is 4.28. The average molecular weight is 301 g/mol. The highest BCUT2D eigenvalue weighted by Gasteiger charge is 2.18. The van der Waals surface area contributed by atoms with Crippen LogP contribution >= 0.6 is 11.3 Å². The Bertz CT molecular complexity index is 791. The lowest BCUT2D eigenvalue weighted by Crippen LogP contribution is -2.14. The smallest absolute Gasteiger partial charge is 0.326 e. The summed E-state index contributed by atoms with van der Waals surface area (Å²) >= 11 is 1.53. The van der Waals surface area contributed by atoms with E-state index in [1.165, 1.54) is 11.3 Å². The molecule has 0 aliphatic carbocycles. The van der Waals surface area contributed by atoms with Gasteiger partial charge in [-0.1, -0.05) is 12.1 Å². The molecule has 0 unspecified atom stereocenters. The van der Waals surface area contributed by atoms with Crippen molar-refractivity contribution in [1.29, 1.82) is 0 Å². The van der Waals surface area contributed by atoms with Crippen molar-refractivity contribution >= 4 is 28.3 Å². The molecule has 108 valence electrons. The Hall–Kier alpha value is -2.21. The number of para-hydroxylation sites is 2. The van der Waals surface area contributed by atoms with E-state index in [-0.39, 0.29) is 12.5 Å². The normalized spacial score (nSPS) is 11.0. The fourth-order valence-electron chi connectivity index (χ4n) is 2.26. The van der Waals surface area contributed by atoms with E-state index in [1.807, 2.05) is 35.8 Å². The summed E-state index contributed by atoms with van der Waals surface area (Å²) < 4.78 is 6.96. The van der Waals surface area contributed by atoms with Crippen LogP contribution in [-0.2, 0) is 16.1 Å². The first-order valence-electron chi connectivity index (χ1n) is 6.72. The minimum Gasteiger partial charge on any atom is -0.465 e. The predicted molar refractivity (Wildman–Crippen MR) is 82.2 cm³/mol. The topological polar surface area (TPSA) is 57.0 Å². The van der Waals surface area contributed by atoms with Crippen LogP contribution in [0.1, 0.15) is 12.6 Å². The Morgan fingerprint density at radius 2 is 2.19 bits per heavy atom. The molecule has 1 aromatic carbocycles. The van der Waals surface area contributed by atoms with Gasteiger partial charge in [0.25, 0.3) is 0 Å². The second-order valence-electron chi connectivity index (χ2n) is 4.58. The van der Waals surface area contributed by atoms with Crippen molar-refractivity contribution in [1.82, 2.24) is 14.5 Å². The van der Waals surface area contributed by atoms with Crippen molar-refractivity contribution in [2.45, 2.75) is 20.4 Å². The zero-order chi connectivity index (χ0) is 14.8. The molecule has 2 aromatic heterocycles. The third-order valence-corrected chi connectivity index (χ3v) is 4.12. The molecule has 21 heavy (non-hydrogen) atoms. The Labute approximate surface area is 126 Å². The number of carbonyl (C=O) groups excluding carboxylic acids is 1. The molecule has 6 heteroatoms. The quantitative estimate of drug-likeness (QED) is 0.695. The van der Waals surface area contributed by atoms with Gasteiger partial charge in [-0.15, -0.1) is 11.3 Å². The third-order valence-electron chi connectivity index (χ3n) is 3.20. The fraction of sp³-hybridized carbons (Fsp3) is 0.267. The van der Waals surface area contributed by atoms with Gasteiger partial charge in [0, 0.05) is 0 Å². The van der Waals surface area contributed by atoms with E-state index in [1.54, 1.807) is 12.4 Å². The van der Waals surface area contributed by atoms with Gasteiger partial charge in [-0.05, 0) is 26.0 Å². The second kappa shape index (κ2) is 5.65. The van der Waals surface area contributed by atoms with Crippen molar-refractivity contribution in [2.24, 2.45) is 0 Å². The van der Waals surface area contributed by atoms with Crippen molar-refractivity contribution in [2.75, 3.05) is 6.61 Å². The molecular formula is C15H15N3O2S. The molecule has 2 heterocycles. The van der Waals surface area contributed by atoms with E-state index in [4.69, 9.17) is 4.74 Å². The van der Waals surface area contributed by atoms with Gasteiger partial charge in [0.05, 0.1) is 33.7 Å². The van der Waals surface area contributed by atoms with Gasteiger partial charge >= 0.3 is 5.97 Å². The molecule has 0 bridgehead atoms. The average Bonchev–Trinajstić information content (AvgIpc) is 3.03. The highest BCUT2D eigenvalue weighted by Crippen LogP contribution is 2.29. The SMILES string of the molecule is CCOC(=O)Cn1c(-c2scnc2C)nc2ccccc21. The lowest BCUT2D eigenvalue weighted by Gasteiger charge is -2.08. The Kier molecular flexibility index (Phi) is 3.70. The van der Waals surface area contributed by atoms with Crippen LogP contribution < -0.4 is 0 Å². The summed E-state index contributed by atoms with van der Waals surface area (Å²) in [7, 11) is 0. The first kappa shape index (κ1) is 13.8. The van der Waals surface area contributed by atoms with E-state index >= 15 is 0 Å². The molecule has 0 radical (unpaired) electrons. The zero-order valence-corrected chi connectivity index (χ0v) is 12.7. The first-order chi connectivity index (χ1) is 10.2. The van der Waals surface area contributed by atoms with Crippen molar-refractivity contribution in [3.8, 4) is 10.7 Å². The van der Waals surface area contributed by atoms with Gasteiger partial charge in [-0.3, -0.25) is 4.79 Å². The van der Waals surface area contributed by atoms with Crippen LogP contribution in [0.25, 0.3) is 21.7 Å². The molecule has 0 saturated carbocycles. The molecule has 0 amide bonds.